The lowest BCUT2D eigenvalue weighted by Gasteiger charge is -2.26. The van der Waals surface area contributed by atoms with E-state index in [1.807, 2.05) is 13.8 Å². The second-order valence-corrected chi connectivity index (χ2v) is 5.86. The van der Waals surface area contributed by atoms with Gasteiger partial charge in [0.25, 0.3) is 5.56 Å². The van der Waals surface area contributed by atoms with Crippen molar-refractivity contribution in [1.82, 2.24) is 15.3 Å². The topological polar surface area (TPSA) is 101 Å². The SMILES string of the molecule is CCNC(C)(CCCCSc1nccc(=O)[nH]1)C(N)=O. The number of thioether (sulfide) groups is 1. The summed E-state index contributed by atoms with van der Waals surface area (Å²) in [5.74, 6) is 0.523. The Morgan fingerprint density at radius 3 is 2.90 bits per heavy atom. The molecule has 0 saturated heterocycles. The van der Waals surface area contributed by atoms with Gasteiger partial charge in [-0.2, -0.15) is 0 Å². The van der Waals surface area contributed by atoms with Crippen LogP contribution in [0.2, 0.25) is 0 Å². The molecule has 0 fully saturated rings. The van der Waals surface area contributed by atoms with Gasteiger partial charge in [0.15, 0.2) is 5.16 Å². The molecular weight excluding hydrogens is 276 g/mol. The average molecular weight is 298 g/mol. The maximum Gasteiger partial charge on any atom is 0.251 e. The van der Waals surface area contributed by atoms with E-state index in [-0.39, 0.29) is 11.5 Å². The molecule has 0 aliphatic heterocycles. The number of aromatic amines is 1. The standard InChI is InChI=1S/C13H22N4O2S/c1-3-16-13(2,11(14)19)7-4-5-9-20-12-15-8-6-10(18)17-12/h6,8,16H,3-5,7,9H2,1-2H3,(H2,14,19)(H,15,17,18). The minimum atomic E-state index is -0.640. The molecule has 1 heterocycles. The molecule has 7 heteroatoms. The summed E-state index contributed by atoms with van der Waals surface area (Å²) in [6, 6.07) is 1.39. The van der Waals surface area contributed by atoms with Crippen molar-refractivity contribution in [3.05, 3.63) is 22.6 Å². The summed E-state index contributed by atoms with van der Waals surface area (Å²) in [6.45, 7) is 4.50. The first-order chi connectivity index (χ1) is 9.48. The van der Waals surface area contributed by atoms with Crippen LogP contribution in [0.4, 0.5) is 0 Å². The van der Waals surface area contributed by atoms with Crippen LogP contribution >= 0.6 is 11.8 Å². The lowest BCUT2D eigenvalue weighted by atomic mass is 9.94. The van der Waals surface area contributed by atoms with E-state index in [4.69, 9.17) is 5.73 Å². The van der Waals surface area contributed by atoms with Gasteiger partial charge in [0, 0.05) is 18.0 Å². The molecule has 1 amide bonds. The Kier molecular flexibility index (Phi) is 6.74. The number of primary amides is 1. The zero-order valence-corrected chi connectivity index (χ0v) is 12.8. The lowest BCUT2D eigenvalue weighted by molar-refractivity contribution is -0.124. The molecule has 1 atom stereocenters. The Morgan fingerprint density at radius 2 is 2.30 bits per heavy atom. The van der Waals surface area contributed by atoms with Crippen molar-refractivity contribution >= 4 is 17.7 Å². The highest BCUT2D eigenvalue weighted by molar-refractivity contribution is 7.99. The van der Waals surface area contributed by atoms with Crippen LogP contribution in [-0.2, 0) is 4.79 Å². The molecule has 1 unspecified atom stereocenters. The fraction of sp³-hybridized carbons (Fsp3) is 0.615. The third kappa shape index (κ3) is 5.34. The van der Waals surface area contributed by atoms with E-state index >= 15 is 0 Å². The zero-order valence-electron chi connectivity index (χ0n) is 11.9. The summed E-state index contributed by atoms with van der Waals surface area (Å²) in [7, 11) is 0. The van der Waals surface area contributed by atoms with Crippen molar-refractivity contribution in [1.29, 1.82) is 0 Å². The highest BCUT2D eigenvalue weighted by atomic mass is 32.2. The normalized spacial score (nSPS) is 13.9. The van der Waals surface area contributed by atoms with E-state index in [9.17, 15) is 9.59 Å². The molecule has 0 aliphatic carbocycles. The molecule has 0 bridgehead atoms. The lowest BCUT2D eigenvalue weighted by Crippen LogP contribution is -2.52. The van der Waals surface area contributed by atoms with Gasteiger partial charge in [-0.3, -0.25) is 9.59 Å². The molecule has 20 heavy (non-hydrogen) atoms. The highest BCUT2D eigenvalue weighted by Gasteiger charge is 2.28. The van der Waals surface area contributed by atoms with E-state index < -0.39 is 5.54 Å². The molecule has 4 N–H and O–H groups in total. The van der Waals surface area contributed by atoms with E-state index in [1.165, 1.54) is 24.0 Å². The van der Waals surface area contributed by atoms with Crippen molar-refractivity contribution in [3.63, 3.8) is 0 Å². The largest absolute Gasteiger partial charge is 0.368 e. The van der Waals surface area contributed by atoms with Crippen molar-refractivity contribution < 1.29 is 4.79 Å². The number of nitrogens with two attached hydrogens (primary N) is 1. The highest BCUT2D eigenvalue weighted by Crippen LogP contribution is 2.17. The van der Waals surface area contributed by atoms with Gasteiger partial charge < -0.3 is 16.0 Å². The van der Waals surface area contributed by atoms with Crippen LogP contribution in [0, 0.1) is 0 Å². The smallest absolute Gasteiger partial charge is 0.251 e. The second kappa shape index (κ2) is 8.06. The van der Waals surface area contributed by atoms with Crippen LogP contribution in [0.1, 0.15) is 33.1 Å². The summed E-state index contributed by atoms with van der Waals surface area (Å²) >= 11 is 1.50. The average Bonchev–Trinajstić information content (AvgIpc) is 2.38. The first-order valence-corrected chi connectivity index (χ1v) is 7.69. The number of nitrogens with zero attached hydrogens (tertiary/aromatic N) is 1. The third-order valence-electron chi connectivity index (χ3n) is 3.07. The van der Waals surface area contributed by atoms with Gasteiger partial charge in [-0.1, -0.05) is 25.1 Å². The van der Waals surface area contributed by atoms with Gasteiger partial charge in [-0.05, 0) is 26.3 Å². The molecule has 0 aromatic carbocycles. The summed E-state index contributed by atoms with van der Waals surface area (Å²) in [5.41, 5.74) is 4.64. The maximum atomic E-state index is 11.4. The van der Waals surface area contributed by atoms with Gasteiger partial charge in [-0.25, -0.2) is 4.98 Å². The van der Waals surface area contributed by atoms with E-state index in [2.05, 4.69) is 15.3 Å². The van der Waals surface area contributed by atoms with Gasteiger partial charge >= 0.3 is 0 Å². The number of aromatic nitrogens is 2. The van der Waals surface area contributed by atoms with Crippen molar-refractivity contribution in [2.24, 2.45) is 5.73 Å². The van der Waals surface area contributed by atoms with Crippen molar-refractivity contribution in [3.8, 4) is 0 Å². The van der Waals surface area contributed by atoms with Crippen LogP contribution in [0.15, 0.2) is 22.2 Å². The van der Waals surface area contributed by atoms with Gasteiger partial charge in [0.05, 0.1) is 5.54 Å². The van der Waals surface area contributed by atoms with Crippen LogP contribution in [0.25, 0.3) is 0 Å². The fourth-order valence-corrected chi connectivity index (χ4v) is 2.71. The molecule has 1 aromatic heterocycles. The number of rotatable bonds is 9. The van der Waals surface area contributed by atoms with E-state index in [1.54, 1.807) is 0 Å². The number of carbonyl (C=O) groups excluding carboxylic acids is 1. The van der Waals surface area contributed by atoms with Gasteiger partial charge in [0.2, 0.25) is 5.91 Å². The summed E-state index contributed by atoms with van der Waals surface area (Å²) in [5, 5.41) is 3.76. The number of hydrogen-bond donors (Lipinski definition) is 3. The predicted octanol–water partition coefficient (Wildman–Crippen LogP) is 0.886. The minimum absolute atomic E-state index is 0.143. The fourth-order valence-electron chi connectivity index (χ4n) is 1.86. The number of likely N-dealkylation sites (N-methyl/N-ethyl adjacent to an activating group) is 1. The van der Waals surface area contributed by atoms with Crippen LogP contribution in [0.5, 0.6) is 0 Å². The first-order valence-electron chi connectivity index (χ1n) is 6.71. The van der Waals surface area contributed by atoms with Gasteiger partial charge in [-0.15, -0.1) is 0 Å². The van der Waals surface area contributed by atoms with Crippen molar-refractivity contribution in [2.75, 3.05) is 12.3 Å². The Morgan fingerprint density at radius 1 is 1.55 bits per heavy atom. The number of unbranched alkanes of at least 4 members (excludes halogenated alkanes) is 1. The van der Waals surface area contributed by atoms with E-state index in [0.29, 0.717) is 18.1 Å². The first kappa shape index (κ1) is 16.7. The molecule has 0 aliphatic rings. The van der Waals surface area contributed by atoms with Crippen LogP contribution in [0.3, 0.4) is 0 Å². The Labute approximate surface area is 122 Å². The summed E-state index contributed by atoms with van der Waals surface area (Å²) in [4.78, 5) is 29.3. The molecule has 6 nitrogen and oxygen atoms in total. The van der Waals surface area contributed by atoms with Gasteiger partial charge in [0.1, 0.15) is 0 Å². The Balaban J connectivity index is 2.31. The Bertz CT molecular complexity index is 491. The zero-order chi connectivity index (χ0) is 15.0. The predicted molar refractivity (Wildman–Crippen MR) is 80.7 cm³/mol. The van der Waals surface area contributed by atoms with Crippen LogP contribution < -0.4 is 16.6 Å². The van der Waals surface area contributed by atoms with Crippen LogP contribution in [-0.4, -0.2) is 33.7 Å². The number of carbonyl (C=O) groups is 1. The summed E-state index contributed by atoms with van der Waals surface area (Å²) < 4.78 is 0. The number of amides is 1. The van der Waals surface area contributed by atoms with E-state index in [0.717, 1.165) is 18.6 Å². The number of nitrogens with one attached hydrogen (secondary N) is 2. The molecule has 1 rings (SSSR count). The second-order valence-electron chi connectivity index (χ2n) is 4.77. The quantitative estimate of drug-likeness (QED) is 0.357. The van der Waals surface area contributed by atoms with Crippen molar-refractivity contribution in [2.45, 2.75) is 43.8 Å². The third-order valence-corrected chi connectivity index (χ3v) is 4.04. The monoisotopic (exact) mass is 298 g/mol. The summed E-state index contributed by atoms with van der Waals surface area (Å²) in [6.07, 6.45) is 4.01. The number of hydrogen-bond acceptors (Lipinski definition) is 5. The molecular formula is C13H22N4O2S. The molecule has 0 spiro atoms. The Hall–Kier alpha value is -1.34. The number of H-pyrrole nitrogens is 1. The maximum absolute atomic E-state index is 11.4. The minimum Gasteiger partial charge on any atom is -0.368 e. The molecule has 112 valence electrons. The molecule has 0 radical (unpaired) electrons. The molecule has 0 saturated carbocycles. The molecule has 1 aromatic rings.